The number of aliphatic hydroxyl groups excluding tert-OH is 1. The summed E-state index contributed by atoms with van der Waals surface area (Å²) >= 11 is 0. The van der Waals surface area contributed by atoms with Crippen LogP contribution in [-0.4, -0.2) is 47.6 Å². The zero-order valence-corrected chi connectivity index (χ0v) is 12.2. The first kappa shape index (κ1) is 16.0. The van der Waals surface area contributed by atoms with E-state index in [1.807, 2.05) is 25.7 Å². The maximum atomic E-state index is 12.1. The van der Waals surface area contributed by atoms with Crippen molar-refractivity contribution in [3.8, 4) is 0 Å². The van der Waals surface area contributed by atoms with Crippen molar-refractivity contribution in [2.75, 3.05) is 19.7 Å². The van der Waals surface area contributed by atoms with Crippen molar-refractivity contribution in [3.63, 3.8) is 0 Å². The van der Waals surface area contributed by atoms with Gasteiger partial charge in [0.2, 0.25) is 11.8 Å². The maximum Gasteiger partial charge on any atom is 0.242 e. The van der Waals surface area contributed by atoms with Crippen molar-refractivity contribution in [1.29, 1.82) is 0 Å². The van der Waals surface area contributed by atoms with Crippen LogP contribution in [0.2, 0.25) is 0 Å². The average Bonchev–Trinajstić information content (AvgIpc) is 2.79. The number of hydrogen-bond acceptors (Lipinski definition) is 3. The van der Waals surface area contributed by atoms with Crippen molar-refractivity contribution < 1.29 is 14.7 Å². The van der Waals surface area contributed by atoms with Crippen LogP contribution < -0.4 is 5.32 Å². The fourth-order valence-electron chi connectivity index (χ4n) is 2.31. The molecule has 1 saturated heterocycles. The number of amides is 2. The second-order valence-electron chi connectivity index (χ2n) is 6.18. The number of carbonyl (C=O) groups is 2. The molecule has 0 aromatic heterocycles. The summed E-state index contributed by atoms with van der Waals surface area (Å²) in [6.45, 7) is 6.48. The van der Waals surface area contributed by atoms with Gasteiger partial charge in [-0.05, 0) is 25.7 Å². The number of rotatable bonds is 5. The zero-order valence-electron chi connectivity index (χ0n) is 12.2. The van der Waals surface area contributed by atoms with Gasteiger partial charge < -0.3 is 15.3 Å². The lowest BCUT2D eigenvalue weighted by molar-refractivity contribution is -0.135. The van der Waals surface area contributed by atoms with Crippen LogP contribution in [-0.2, 0) is 9.59 Å². The fraction of sp³-hybridized carbons (Fsp3) is 0.857. The van der Waals surface area contributed by atoms with Gasteiger partial charge in [-0.25, -0.2) is 0 Å². The van der Waals surface area contributed by atoms with Gasteiger partial charge in [-0.15, -0.1) is 0 Å². The minimum atomic E-state index is -0.471. The molecule has 0 spiro atoms. The van der Waals surface area contributed by atoms with Crippen LogP contribution in [0.4, 0.5) is 0 Å². The molecule has 5 nitrogen and oxygen atoms in total. The summed E-state index contributed by atoms with van der Waals surface area (Å²) in [5, 5.41) is 11.6. The second kappa shape index (κ2) is 6.89. The van der Waals surface area contributed by atoms with E-state index in [1.165, 1.54) is 0 Å². The molecule has 0 bridgehead atoms. The zero-order chi connectivity index (χ0) is 14.5. The van der Waals surface area contributed by atoms with Crippen molar-refractivity contribution in [3.05, 3.63) is 0 Å². The Balaban J connectivity index is 2.42. The van der Waals surface area contributed by atoms with Crippen LogP contribution in [0.15, 0.2) is 0 Å². The molecule has 1 aliphatic rings. The number of aliphatic hydroxyl groups is 1. The van der Waals surface area contributed by atoms with Crippen molar-refractivity contribution in [1.82, 2.24) is 10.2 Å². The molecule has 1 aliphatic heterocycles. The molecule has 1 fully saturated rings. The standard InChI is InChI=1S/C14H26N2O3/c1-14(2,3)13(19)15-10-12(18)16-8-4-6-11(16)7-5-9-17/h11,17H,4-10H2,1-3H3,(H,15,19). The van der Waals surface area contributed by atoms with Crippen LogP contribution in [0.5, 0.6) is 0 Å². The van der Waals surface area contributed by atoms with Crippen LogP contribution in [0.25, 0.3) is 0 Å². The molecule has 2 amide bonds. The highest BCUT2D eigenvalue weighted by Crippen LogP contribution is 2.21. The van der Waals surface area contributed by atoms with Crippen LogP contribution in [0, 0.1) is 5.41 Å². The molecule has 5 heteroatoms. The highest BCUT2D eigenvalue weighted by molar-refractivity contribution is 5.87. The highest BCUT2D eigenvalue weighted by Gasteiger charge is 2.29. The monoisotopic (exact) mass is 270 g/mol. The molecule has 19 heavy (non-hydrogen) atoms. The Morgan fingerprint density at radius 1 is 1.37 bits per heavy atom. The Hall–Kier alpha value is -1.10. The van der Waals surface area contributed by atoms with Gasteiger partial charge in [0.05, 0.1) is 6.54 Å². The van der Waals surface area contributed by atoms with E-state index in [4.69, 9.17) is 5.11 Å². The van der Waals surface area contributed by atoms with Gasteiger partial charge in [0.15, 0.2) is 0 Å². The molecule has 1 rings (SSSR count). The van der Waals surface area contributed by atoms with Gasteiger partial charge in [-0.3, -0.25) is 9.59 Å². The Kier molecular flexibility index (Phi) is 5.79. The van der Waals surface area contributed by atoms with E-state index >= 15 is 0 Å². The van der Waals surface area contributed by atoms with E-state index in [9.17, 15) is 9.59 Å². The molecule has 1 atom stereocenters. The van der Waals surface area contributed by atoms with Crippen LogP contribution in [0.1, 0.15) is 46.5 Å². The summed E-state index contributed by atoms with van der Waals surface area (Å²) in [6.07, 6.45) is 3.58. The number of carbonyl (C=O) groups excluding carboxylic acids is 2. The van der Waals surface area contributed by atoms with Gasteiger partial charge in [0, 0.05) is 24.6 Å². The molecule has 0 radical (unpaired) electrons. The van der Waals surface area contributed by atoms with Gasteiger partial charge in [-0.1, -0.05) is 20.8 Å². The molecule has 1 unspecified atom stereocenters. The fourth-order valence-corrected chi connectivity index (χ4v) is 2.31. The Labute approximate surface area is 115 Å². The third kappa shape index (κ3) is 4.82. The van der Waals surface area contributed by atoms with Crippen molar-refractivity contribution >= 4 is 11.8 Å². The van der Waals surface area contributed by atoms with Crippen molar-refractivity contribution in [2.45, 2.75) is 52.5 Å². The minimum Gasteiger partial charge on any atom is -0.396 e. The predicted octanol–water partition coefficient (Wildman–Crippen LogP) is 0.912. The Bertz CT molecular complexity index is 323. The first-order valence-electron chi connectivity index (χ1n) is 7.05. The molecule has 0 aliphatic carbocycles. The van der Waals surface area contributed by atoms with Gasteiger partial charge in [-0.2, -0.15) is 0 Å². The molecular formula is C14H26N2O3. The summed E-state index contributed by atoms with van der Waals surface area (Å²) in [5.41, 5.74) is -0.471. The van der Waals surface area contributed by atoms with Gasteiger partial charge in [0.25, 0.3) is 0 Å². The maximum absolute atomic E-state index is 12.1. The summed E-state index contributed by atoms with van der Waals surface area (Å²) in [5.74, 6) is -0.120. The van der Waals surface area contributed by atoms with Gasteiger partial charge in [0.1, 0.15) is 0 Å². The van der Waals surface area contributed by atoms with Crippen molar-refractivity contribution in [2.24, 2.45) is 5.41 Å². The first-order chi connectivity index (χ1) is 8.86. The normalized spacial score (nSPS) is 19.6. The highest BCUT2D eigenvalue weighted by atomic mass is 16.3. The molecular weight excluding hydrogens is 244 g/mol. The first-order valence-corrected chi connectivity index (χ1v) is 7.05. The summed E-state index contributed by atoms with van der Waals surface area (Å²) in [6, 6.07) is 0.228. The van der Waals surface area contributed by atoms with E-state index in [1.54, 1.807) is 0 Å². The molecule has 0 saturated carbocycles. The molecule has 0 aromatic rings. The van der Waals surface area contributed by atoms with E-state index in [-0.39, 0.29) is 31.0 Å². The SMILES string of the molecule is CC(C)(C)C(=O)NCC(=O)N1CCCC1CCCO. The van der Waals surface area contributed by atoms with Crippen LogP contribution >= 0.6 is 0 Å². The molecule has 110 valence electrons. The molecule has 0 aromatic carbocycles. The molecule has 1 heterocycles. The Morgan fingerprint density at radius 2 is 2.05 bits per heavy atom. The smallest absolute Gasteiger partial charge is 0.242 e. The largest absolute Gasteiger partial charge is 0.396 e. The van der Waals surface area contributed by atoms with E-state index in [0.717, 1.165) is 32.2 Å². The summed E-state index contributed by atoms with van der Waals surface area (Å²) in [7, 11) is 0. The lowest BCUT2D eigenvalue weighted by Gasteiger charge is -2.25. The van der Waals surface area contributed by atoms with Gasteiger partial charge >= 0.3 is 0 Å². The minimum absolute atomic E-state index is 0.0157. The summed E-state index contributed by atoms with van der Waals surface area (Å²) < 4.78 is 0. The number of nitrogens with zero attached hydrogens (tertiary/aromatic N) is 1. The van der Waals surface area contributed by atoms with Crippen LogP contribution in [0.3, 0.4) is 0 Å². The summed E-state index contributed by atoms with van der Waals surface area (Å²) in [4.78, 5) is 25.7. The topological polar surface area (TPSA) is 69.6 Å². The lowest BCUT2D eigenvalue weighted by atomic mass is 9.96. The Morgan fingerprint density at radius 3 is 2.63 bits per heavy atom. The molecule has 2 N–H and O–H groups in total. The number of hydrogen-bond donors (Lipinski definition) is 2. The second-order valence-corrected chi connectivity index (χ2v) is 6.18. The third-order valence-corrected chi connectivity index (χ3v) is 3.47. The number of nitrogens with one attached hydrogen (secondary N) is 1. The predicted molar refractivity (Wildman–Crippen MR) is 73.5 cm³/mol. The number of likely N-dealkylation sites (tertiary alicyclic amines) is 1. The van der Waals surface area contributed by atoms with E-state index in [2.05, 4.69) is 5.32 Å². The quantitative estimate of drug-likeness (QED) is 0.780. The van der Waals surface area contributed by atoms with E-state index in [0.29, 0.717) is 0 Å². The average molecular weight is 270 g/mol. The third-order valence-electron chi connectivity index (χ3n) is 3.47. The lowest BCUT2D eigenvalue weighted by Crippen LogP contribution is -2.45. The van der Waals surface area contributed by atoms with E-state index < -0.39 is 5.41 Å².